The number of carbonyl (C=O) groups excluding carboxylic acids is 1. The summed E-state index contributed by atoms with van der Waals surface area (Å²) in [4.78, 5) is 17.1. The van der Waals surface area contributed by atoms with Gasteiger partial charge in [-0.1, -0.05) is 42.1 Å². The molecule has 1 amide bonds. The summed E-state index contributed by atoms with van der Waals surface area (Å²) >= 11 is 1.36. The minimum atomic E-state index is -0.0694. The Morgan fingerprint density at radius 3 is 2.69 bits per heavy atom. The fraction of sp³-hybridized carbons (Fsp3) is 0.158. The number of aromatic nitrogens is 4. The number of nitrogens with one attached hydrogen (secondary N) is 1. The molecule has 0 saturated heterocycles. The van der Waals surface area contributed by atoms with Crippen molar-refractivity contribution < 1.29 is 4.79 Å². The number of aryl methyl sites for hydroxylation is 2. The van der Waals surface area contributed by atoms with Crippen molar-refractivity contribution in [3.8, 4) is 0 Å². The lowest BCUT2D eigenvalue weighted by molar-refractivity contribution is -0.113. The Bertz CT molecular complexity index is 1100. The summed E-state index contributed by atoms with van der Waals surface area (Å²) in [6.45, 7) is 3.97. The van der Waals surface area contributed by atoms with Crippen LogP contribution in [0.2, 0.25) is 0 Å². The number of anilines is 1. The predicted molar refractivity (Wildman–Crippen MR) is 104 cm³/mol. The minimum absolute atomic E-state index is 0.0694. The normalized spacial score (nSPS) is 11.2. The summed E-state index contributed by atoms with van der Waals surface area (Å²) in [6, 6.07) is 13.8. The van der Waals surface area contributed by atoms with Crippen molar-refractivity contribution in [2.45, 2.75) is 18.9 Å². The van der Waals surface area contributed by atoms with Crippen molar-refractivity contribution in [1.82, 2.24) is 19.6 Å². The van der Waals surface area contributed by atoms with Crippen LogP contribution in [0.4, 0.5) is 5.69 Å². The Balaban J connectivity index is 1.57. The summed E-state index contributed by atoms with van der Waals surface area (Å²) < 4.78 is 1.90. The highest BCUT2D eigenvalue weighted by atomic mass is 32.2. The van der Waals surface area contributed by atoms with Crippen molar-refractivity contribution in [2.75, 3.05) is 11.1 Å². The van der Waals surface area contributed by atoms with Gasteiger partial charge in [-0.15, -0.1) is 10.2 Å². The second-order valence-corrected chi connectivity index (χ2v) is 7.00. The van der Waals surface area contributed by atoms with E-state index in [1.165, 1.54) is 11.8 Å². The number of carbonyl (C=O) groups is 1. The molecule has 4 aromatic rings. The zero-order valence-electron chi connectivity index (χ0n) is 14.4. The molecule has 2 heterocycles. The lowest BCUT2D eigenvalue weighted by Gasteiger charge is -2.11. The van der Waals surface area contributed by atoms with Gasteiger partial charge in [0.15, 0.2) is 5.65 Å². The van der Waals surface area contributed by atoms with E-state index in [0.29, 0.717) is 10.7 Å². The molecule has 6 nitrogen and oxygen atoms in total. The molecule has 1 N–H and O–H groups in total. The minimum Gasteiger partial charge on any atom is -0.325 e. The summed E-state index contributed by atoms with van der Waals surface area (Å²) in [7, 11) is 0. The van der Waals surface area contributed by atoms with Crippen LogP contribution in [0.25, 0.3) is 16.7 Å². The molecule has 0 unspecified atom stereocenters. The first-order chi connectivity index (χ1) is 12.6. The predicted octanol–water partition coefficient (Wildman–Crippen LogP) is 3.63. The van der Waals surface area contributed by atoms with Gasteiger partial charge in [0.05, 0.1) is 16.8 Å². The Morgan fingerprint density at radius 1 is 1.12 bits per heavy atom. The molecule has 0 aliphatic rings. The van der Waals surface area contributed by atoms with Gasteiger partial charge in [-0.25, -0.2) is 4.98 Å². The monoisotopic (exact) mass is 363 g/mol. The van der Waals surface area contributed by atoms with Gasteiger partial charge in [-0.3, -0.25) is 9.20 Å². The SMILES string of the molecule is Cc1cccc(C)c1NC(=O)CSc1nc2ccccc2n2cnnc12. The van der Waals surface area contributed by atoms with Crippen molar-refractivity contribution >= 4 is 40.0 Å². The zero-order chi connectivity index (χ0) is 18.1. The second-order valence-electron chi connectivity index (χ2n) is 6.03. The summed E-state index contributed by atoms with van der Waals surface area (Å²) in [6.07, 6.45) is 1.67. The van der Waals surface area contributed by atoms with E-state index in [4.69, 9.17) is 0 Å². The topological polar surface area (TPSA) is 72.2 Å². The number of hydrogen-bond acceptors (Lipinski definition) is 5. The standard InChI is InChI=1S/C19H17N5OS/c1-12-6-5-7-13(2)17(12)22-16(25)10-26-19-18-23-20-11-24(18)15-9-4-3-8-14(15)21-19/h3-9,11H,10H2,1-2H3,(H,22,25). The van der Waals surface area contributed by atoms with Gasteiger partial charge in [-0.2, -0.15) is 0 Å². The molecular weight excluding hydrogens is 346 g/mol. The average molecular weight is 363 g/mol. The fourth-order valence-corrected chi connectivity index (χ4v) is 3.67. The smallest absolute Gasteiger partial charge is 0.234 e. The Labute approximate surface area is 154 Å². The maximum Gasteiger partial charge on any atom is 0.234 e. The van der Waals surface area contributed by atoms with E-state index < -0.39 is 0 Å². The molecule has 0 spiro atoms. The molecule has 0 radical (unpaired) electrons. The van der Waals surface area contributed by atoms with E-state index in [1.54, 1.807) is 6.33 Å². The van der Waals surface area contributed by atoms with Gasteiger partial charge in [-0.05, 0) is 37.1 Å². The molecule has 0 saturated carbocycles. The summed E-state index contributed by atoms with van der Waals surface area (Å²) in [5.74, 6) is 0.182. The van der Waals surface area contributed by atoms with Crippen LogP contribution in [0.1, 0.15) is 11.1 Å². The number of fused-ring (bicyclic) bond motifs is 3. The Morgan fingerprint density at radius 2 is 1.88 bits per heavy atom. The molecule has 4 rings (SSSR count). The number of nitrogens with zero attached hydrogens (tertiary/aromatic N) is 4. The molecule has 0 fully saturated rings. The Kier molecular flexibility index (Phi) is 4.30. The zero-order valence-corrected chi connectivity index (χ0v) is 15.2. The van der Waals surface area contributed by atoms with Gasteiger partial charge < -0.3 is 5.32 Å². The molecule has 7 heteroatoms. The van der Waals surface area contributed by atoms with Crippen LogP contribution in [-0.4, -0.2) is 31.2 Å². The van der Waals surface area contributed by atoms with Crippen LogP contribution in [-0.2, 0) is 4.79 Å². The highest BCUT2D eigenvalue weighted by molar-refractivity contribution is 8.00. The van der Waals surface area contributed by atoms with Gasteiger partial charge in [0, 0.05) is 5.69 Å². The van der Waals surface area contributed by atoms with E-state index >= 15 is 0 Å². The van der Waals surface area contributed by atoms with E-state index in [-0.39, 0.29) is 11.7 Å². The first-order valence-corrected chi connectivity index (χ1v) is 9.19. The van der Waals surface area contributed by atoms with E-state index in [2.05, 4.69) is 20.5 Å². The maximum atomic E-state index is 12.4. The van der Waals surface area contributed by atoms with E-state index in [1.807, 2.05) is 60.7 Å². The Hall–Kier alpha value is -2.93. The van der Waals surface area contributed by atoms with Crippen LogP contribution >= 0.6 is 11.8 Å². The van der Waals surface area contributed by atoms with Crippen molar-refractivity contribution in [2.24, 2.45) is 0 Å². The first-order valence-electron chi connectivity index (χ1n) is 8.21. The van der Waals surface area contributed by atoms with Crippen molar-refractivity contribution in [3.05, 3.63) is 59.9 Å². The molecule has 0 aliphatic carbocycles. The third-order valence-electron chi connectivity index (χ3n) is 4.19. The second kappa shape index (κ2) is 6.76. The fourth-order valence-electron chi connectivity index (χ4n) is 2.90. The van der Waals surface area contributed by atoms with E-state index in [0.717, 1.165) is 27.8 Å². The van der Waals surface area contributed by atoms with Gasteiger partial charge >= 0.3 is 0 Å². The molecule has 2 aromatic heterocycles. The largest absolute Gasteiger partial charge is 0.325 e. The highest BCUT2D eigenvalue weighted by Gasteiger charge is 2.13. The summed E-state index contributed by atoms with van der Waals surface area (Å²) in [5, 5.41) is 11.8. The number of benzene rings is 2. The molecule has 130 valence electrons. The van der Waals surface area contributed by atoms with Crippen LogP contribution < -0.4 is 5.32 Å². The average Bonchev–Trinajstić information content (AvgIpc) is 3.13. The molecular formula is C19H17N5OS. The van der Waals surface area contributed by atoms with Gasteiger partial charge in [0.2, 0.25) is 5.91 Å². The number of hydrogen-bond donors (Lipinski definition) is 1. The van der Waals surface area contributed by atoms with Crippen molar-refractivity contribution in [1.29, 1.82) is 0 Å². The van der Waals surface area contributed by atoms with Gasteiger partial charge in [0.1, 0.15) is 11.4 Å². The van der Waals surface area contributed by atoms with Crippen LogP contribution in [0.3, 0.4) is 0 Å². The molecule has 0 atom stereocenters. The number of thioether (sulfide) groups is 1. The maximum absolute atomic E-state index is 12.4. The van der Waals surface area contributed by atoms with Crippen LogP contribution in [0, 0.1) is 13.8 Å². The van der Waals surface area contributed by atoms with Gasteiger partial charge in [0.25, 0.3) is 0 Å². The number of amides is 1. The lowest BCUT2D eigenvalue weighted by atomic mass is 10.1. The number of rotatable bonds is 4. The number of para-hydroxylation sites is 3. The van der Waals surface area contributed by atoms with Crippen LogP contribution in [0.5, 0.6) is 0 Å². The third-order valence-corrected chi connectivity index (χ3v) is 5.14. The van der Waals surface area contributed by atoms with Crippen molar-refractivity contribution in [3.63, 3.8) is 0 Å². The third kappa shape index (κ3) is 3.01. The highest BCUT2D eigenvalue weighted by Crippen LogP contribution is 2.25. The lowest BCUT2D eigenvalue weighted by Crippen LogP contribution is -2.16. The molecule has 0 aliphatic heterocycles. The molecule has 0 bridgehead atoms. The molecule has 26 heavy (non-hydrogen) atoms. The molecule has 2 aromatic carbocycles. The van der Waals surface area contributed by atoms with E-state index in [9.17, 15) is 4.79 Å². The summed E-state index contributed by atoms with van der Waals surface area (Å²) in [5.41, 5.74) is 5.42. The quantitative estimate of drug-likeness (QED) is 0.561. The first kappa shape index (κ1) is 16.5. The van der Waals surface area contributed by atoms with Crippen LogP contribution in [0.15, 0.2) is 53.8 Å².